The van der Waals surface area contributed by atoms with E-state index < -0.39 is 11.7 Å². The van der Waals surface area contributed by atoms with Gasteiger partial charge in [-0.1, -0.05) is 29.8 Å². The molecule has 3 aromatic rings. The van der Waals surface area contributed by atoms with E-state index in [9.17, 15) is 18.0 Å². The van der Waals surface area contributed by atoms with Crippen LogP contribution in [0.5, 0.6) is 0 Å². The van der Waals surface area contributed by atoms with Crippen LogP contribution in [0.4, 0.5) is 13.2 Å². The lowest BCUT2D eigenvalue weighted by Gasteiger charge is -2.10. The molecular weight excluding hydrogens is 315 g/mol. The number of benzene rings is 2. The van der Waals surface area contributed by atoms with Gasteiger partial charge in [0.1, 0.15) is 0 Å². The van der Waals surface area contributed by atoms with Crippen LogP contribution in [0.3, 0.4) is 0 Å². The summed E-state index contributed by atoms with van der Waals surface area (Å²) < 4.78 is 37.8. The zero-order valence-corrected chi connectivity index (χ0v) is 11.8. The lowest BCUT2D eigenvalue weighted by atomic mass is 10.0. The van der Waals surface area contributed by atoms with E-state index in [1.54, 1.807) is 18.2 Å². The van der Waals surface area contributed by atoms with Gasteiger partial charge < -0.3 is 4.98 Å². The highest BCUT2D eigenvalue weighted by atomic mass is 35.5. The molecule has 1 N–H and O–H groups in total. The van der Waals surface area contributed by atoms with Crippen molar-refractivity contribution in [2.75, 3.05) is 0 Å². The topological polar surface area (TPSA) is 32.9 Å². The molecule has 0 saturated carbocycles. The van der Waals surface area contributed by atoms with Crippen molar-refractivity contribution in [1.29, 1.82) is 0 Å². The smallest absolute Gasteiger partial charge is 0.322 e. The molecule has 1 heterocycles. The van der Waals surface area contributed by atoms with Gasteiger partial charge in [-0.3, -0.25) is 4.79 Å². The van der Waals surface area contributed by atoms with E-state index in [4.69, 9.17) is 11.6 Å². The molecule has 3 rings (SSSR count). The van der Waals surface area contributed by atoms with Gasteiger partial charge in [-0.05, 0) is 29.8 Å². The van der Waals surface area contributed by atoms with E-state index in [1.807, 2.05) is 0 Å². The highest BCUT2D eigenvalue weighted by Crippen LogP contribution is 2.35. The van der Waals surface area contributed by atoms with E-state index in [-0.39, 0.29) is 5.56 Å². The van der Waals surface area contributed by atoms with Crippen molar-refractivity contribution >= 4 is 22.5 Å². The van der Waals surface area contributed by atoms with E-state index in [2.05, 4.69) is 4.98 Å². The summed E-state index contributed by atoms with van der Waals surface area (Å²) in [5.74, 6) is 0. The van der Waals surface area contributed by atoms with Crippen molar-refractivity contribution in [3.05, 3.63) is 69.5 Å². The van der Waals surface area contributed by atoms with E-state index in [0.717, 1.165) is 12.1 Å². The minimum Gasteiger partial charge on any atom is -0.322 e. The van der Waals surface area contributed by atoms with Gasteiger partial charge in [0.15, 0.2) is 0 Å². The maximum Gasteiger partial charge on any atom is 0.416 e. The van der Waals surface area contributed by atoms with Crippen LogP contribution in [0.1, 0.15) is 5.56 Å². The Hall–Kier alpha value is -2.27. The Kier molecular flexibility index (Phi) is 3.45. The second-order valence-electron chi connectivity index (χ2n) is 4.79. The summed E-state index contributed by atoms with van der Waals surface area (Å²) >= 11 is 6.31. The third-order valence-electron chi connectivity index (χ3n) is 3.36. The zero-order chi connectivity index (χ0) is 15.9. The van der Waals surface area contributed by atoms with Crippen LogP contribution in [-0.4, -0.2) is 4.98 Å². The van der Waals surface area contributed by atoms with Gasteiger partial charge >= 0.3 is 6.18 Å². The van der Waals surface area contributed by atoms with Gasteiger partial charge in [-0.15, -0.1) is 0 Å². The highest BCUT2D eigenvalue weighted by molar-refractivity contribution is 6.38. The molecule has 2 aromatic carbocycles. The van der Waals surface area contributed by atoms with E-state index in [1.165, 1.54) is 18.2 Å². The van der Waals surface area contributed by atoms with Crippen LogP contribution in [0.15, 0.2) is 53.3 Å². The number of aromatic amines is 1. The molecule has 0 saturated heterocycles. The Labute approximate surface area is 128 Å². The zero-order valence-electron chi connectivity index (χ0n) is 11.0. The molecule has 112 valence electrons. The highest BCUT2D eigenvalue weighted by Gasteiger charge is 2.30. The van der Waals surface area contributed by atoms with Gasteiger partial charge in [-0.25, -0.2) is 0 Å². The summed E-state index contributed by atoms with van der Waals surface area (Å²) in [6.07, 6.45) is -4.37. The van der Waals surface area contributed by atoms with Crippen LogP contribution in [-0.2, 0) is 6.18 Å². The molecule has 0 amide bonds. The maximum atomic E-state index is 12.6. The molecule has 1 aromatic heterocycles. The summed E-state index contributed by atoms with van der Waals surface area (Å²) in [5, 5.41) is 1.02. The van der Waals surface area contributed by atoms with E-state index >= 15 is 0 Å². The Morgan fingerprint density at radius 2 is 1.59 bits per heavy atom. The monoisotopic (exact) mass is 323 g/mol. The standard InChI is InChI=1S/C16H9ClF3NO/c17-15-11(5-7-13-12(15)6-8-14(22)21-13)9-1-3-10(4-2-9)16(18,19)20/h1-8H,(H,21,22). The van der Waals surface area contributed by atoms with Crippen LogP contribution in [0.2, 0.25) is 5.02 Å². The van der Waals surface area contributed by atoms with E-state index in [0.29, 0.717) is 27.1 Å². The molecule has 0 aliphatic heterocycles. The Bertz CT molecular complexity index is 898. The number of pyridine rings is 1. The Morgan fingerprint density at radius 3 is 2.23 bits per heavy atom. The molecule has 2 nitrogen and oxygen atoms in total. The van der Waals surface area contributed by atoms with Crippen LogP contribution < -0.4 is 5.56 Å². The third kappa shape index (κ3) is 2.60. The average Bonchev–Trinajstić information content (AvgIpc) is 2.47. The van der Waals surface area contributed by atoms with Crippen molar-refractivity contribution in [1.82, 2.24) is 4.98 Å². The molecule has 6 heteroatoms. The molecule has 0 bridgehead atoms. The van der Waals surface area contributed by atoms with Crippen molar-refractivity contribution in [3.8, 4) is 11.1 Å². The molecule has 0 spiro atoms. The normalized spacial score (nSPS) is 11.8. The van der Waals surface area contributed by atoms with Crippen molar-refractivity contribution in [2.45, 2.75) is 6.18 Å². The molecule has 0 fully saturated rings. The molecular formula is C16H9ClF3NO. The Morgan fingerprint density at radius 1 is 0.909 bits per heavy atom. The molecule has 0 aliphatic rings. The number of alkyl halides is 3. The minimum atomic E-state index is -4.37. The molecule has 0 aliphatic carbocycles. The lowest BCUT2D eigenvalue weighted by Crippen LogP contribution is -2.04. The summed E-state index contributed by atoms with van der Waals surface area (Å²) in [4.78, 5) is 13.9. The van der Waals surface area contributed by atoms with Gasteiger partial charge in [0.25, 0.3) is 0 Å². The van der Waals surface area contributed by atoms with Crippen LogP contribution >= 0.6 is 11.6 Å². The SMILES string of the molecule is O=c1ccc2c(Cl)c(-c3ccc(C(F)(F)F)cc3)ccc2[nH]1. The van der Waals surface area contributed by atoms with Crippen molar-refractivity contribution < 1.29 is 13.2 Å². The maximum absolute atomic E-state index is 12.6. The summed E-state index contributed by atoms with van der Waals surface area (Å²) in [5.41, 5.74) is 0.803. The molecule has 0 unspecified atom stereocenters. The van der Waals surface area contributed by atoms with Crippen LogP contribution in [0, 0.1) is 0 Å². The Balaban J connectivity index is 2.12. The van der Waals surface area contributed by atoms with Gasteiger partial charge in [-0.2, -0.15) is 13.2 Å². The number of aromatic nitrogens is 1. The number of rotatable bonds is 1. The first kappa shape index (κ1) is 14.7. The molecule has 0 radical (unpaired) electrons. The predicted octanol–water partition coefficient (Wildman–Crippen LogP) is 4.87. The number of halogens is 4. The fourth-order valence-corrected chi connectivity index (χ4v) is 2.60. The minimum absolute atomic E-state index is 0.245. The first-order chi connectivity index (χ1) is 10.4. The summed E-state index contributed by atoms with van der Waals surface area (Å²) in [6, 6.07) is 11.1. The number of hydrogen-bond donors (Lipinski definition) is 1. The third-order valence-corrected chi connectivity index (χ3v) is 3.77. The lowest BCUT2D eigenvalue weighted by molar-refractivity contribution is -0.137. The van der Waals surface area contributed by atoms with Crippen molar-refractivity contribution in [3.63, 3.8) is 0 Å². The van der Waals surface area contributed by atoms with Crippen LogP contribution in [0.25, 0.3) is 22.0 Å². The average molecular weight is 324 g/mol. The van der Waals surface area contributed by atoms with Gasteiger partial charge in [0.05, 0.1) is 10.6 Å². The fourth-order valence-electron chi connectivity index (χ4n) is 2.26. The first-order valence-corrected chi connectivity index (χ1v) is 6.73. The van der Waals surface area contributed by atoms with Gasteiger partial charge in [0.2, 0.25) is 5.56 Å². The molecule has 22 heavy (non-hydrogen) atoms. The second kappa shape index (κ2) is 5.18. The molecule has 0 atom stereocenters. The fraction of sp³-hybridized carbons (Fsp3) is 0.0625. The quantitative estimate of drug-likeness (QED) is 0.681. The first-order valence-electron chi connectivity index (χ1n) is 6.35. The van der Waals surface area contributed by atoms with Crippen molar-refractivity contribution in [2.24, 2.45) is 0 Å². The number of nitrogens with one attached hydrogen (secondary N) is 1. The number of H-pyrrole nitrogens is 1. The second-order valence-corrected chi connectivity index (χ2v) is 5.16. The largest absolute Gasteiger partial charge is 0.416 e. The number of fused-ring (bicyclic) bond motifs is 1. The van der Waals surface area contributed by atoms with Gasteiger partial charge in [0, 0.05) is 22.5 Å². The number of hydrogen-bond acceptors (Lipinski definition) is 1. The predicted molar refractivity (Wildman–Crippen MR) is 80.0 cm³/mol. The summed E-state index contributed by atoms with van der Waals surface area (Å²) in [6.45, 7) is 0. The summed E-state index contributed by atoms with van der Waals surface area (Å²) in [7, 11) is 0.